The molecular weight excluding hydrogens is 390 g/mol. The fourth-order valence-electron chi connectivity index (χ4n) is 6.19. The fourth-order valence-corrected chi connectivity index (χ4v) is 6.19. The van der Waals surface area contributed by atoms with Crippen LogP contribution in [0.25, 0.3) is 11.0 Å². The number of carbonyl (C=O) groups is 1. The number of carboxylic acid groups (broad SMARTS) is 1. The van der Waals surface area contributed by atoms with Crippen molar-refractivity contribution >= 4 is 17.0 Å². The first kappa shape index (κ1) is 20.4. The number of allylic oxidation sites excluding steroid dienone is 1. The zero-order valence-corrected chi connectivity index (χ0v) is 17.9. The highest BCUT2D eigenvalue weighted by atomic mass is 16.4. The fraction of sp³-hybridized carbons (Fsp3) is 0.560. The highest BCUT2D eigenvalue weighted by Crippen LogP contribution is 2.42. The maximum absolute atomic E-state index is 13.2. The van der Waals surface area contributed by atoms with Crippen molar-refractivity contribution in [2.45, 2.75) is 88.4 Å². The lowest BCUT2D eigenvalue weighted by Crippen LogP contribution is -2.56. The van der Waals surface area contributed by atoms with Gasteiger partial charge in [0, 0.05) is 24.2 Å². The largest absolute Gasteiger partial charge is 0.476 e. The number of nitrogens with zero attached hydrogens (tertiary/aromatic N) is 3. The topological polar surface area (TPSA) is 75.4 Å². The average Bonchev–Trinajstić information content (AvgIpc) is 2.72. The van der Waals surface area contributed by atoms with E-state index in [4.69, 9.17) is 0 Å². The molecule has 2 aromatic rings. The van der Waals surface area contributed by atoms with Crippen molar-refractivity contribution in [1.29, 1.82) is 0 Å². The van der Waals surface area contributed by atoms with Gasteiger partial charge >= 0.3 is 5.97 Å². The third kappa shape index (κ3) is 3.82. The van der Waals surface area contributed by atoms with Crippen molar-refractivity contribution in [3.05, 3.63) is 52.5 Å². The molecule has 0 amide bonds. The van der Waals surface area contributed by atoms with Crippen LogP contribution in [0.1, 0.15) is 80.7 Å². The molecule has 2 unspecified atom stereocenters. The van der Waals surface area contributed by atoms with Crippen molar-refractivity contribution in [3.8, 4) is 0 Å². The molecule has 0 radical (unpaired) electrons. The Bertz CT molecular complexity index is 1050. The van der Waals surface area contributed by atoms with Crippen molar-refractivity contribution in [3.63, 3.8) is 0 Å². The second-order valence-electron chi connectivity index (χ2n) is 9.37. The molecule has 2 saturated heterocycles. The van der Waals surface area contributed by atoms with E-state index in [1.807, 2.05) is 18.2 Å². The molecule has 1 aliphatic carbocycles. The van der Waals surface area contributed by atoms with Crippen LogP contribution in [0.15, 0.2) is 41.2 Å². The van der Waals surface area contributed by atoms with Gasteiger partial charge in [0.05, 0.1) is 11.0 Å². The van der Waals surface area contributed by atoms with Crippen molar-refractivity contribution in [2.24, 2.45) is 0 Å². The van der Waals surface area contributed by atoms with Gasteiger partial charge in [-0.15, -0.1) is 0 Å². The first-order valence-electron chi connectivity index (χ1n) is 11.8. The van der Waals surface area contributed by atoms with Crippen molar-refractivity contribution in [1.82, 2.24) is 14.5 Å². The number of hydrogen-bond acceptors (Lipinski definition) is 4. The Morgan fingerprint density at radius 1 is 0.968 bits per heavy atom. The van der Waals surface area contributed by atoms with Crippen LogP contribution in [0, 0.1) is 0 Å². The number of piperidine rings is 2. The molecule has 2 fully saturated rings. The molecule has 0 spiro atoms. The number of para-hydroxylation sites is 2. The van der Waals surface area contributed by atoms with Gasteiger partial charge in [-0.1, -0.05) is 43.5 Å². The van der Waals surface area contributed by atoms with Gasteiger partial charge in [-0.05, 0) is 57.1 Å². The normalized spacial score (nSPS) is 30.5. The first-order chi connectivity index (χ1) is 15.1. The summed E-state index contributed by atoms with van der Waals surface area (Å²) >= 11 is 0. The van der Waals surface area contributed by atoms with Crippen LogP contribution in [0.2, 0.25) is 0 Å². The quantitative estimate of drug-likeness (QED) is 0.737. The van der Waals surface area contributed by atoms with Crippen LogP contribution in [-0.2, 0) is 0 Å². The molecule has 1 N–H and O–H groups in total. The number of aromatic carboxylic acids is 1. The SMILES string of the molecule is O=C(O)c1nc2ccccc2n(C2C[C@H]3CCC[C@@H](C2)N3C2/C=C\CCCCC2)c1=O. The Balaban J connectivity index is 1.52. The molecule has 5 rings (SSSR count). The summed E-state index contributed by atoms with van der Waals surface area (Å²) in [5, 5.41) is 9.58. The Hall–Kier alpha value is -2.47. The molecule has 2 bridgehead atoms. The van der Waals surface area contributed by atoms with E-state index in [2.05, 4.69) is 22.0 Å². The summed E-state index contributed by atoms with van der Waals surface area (Å²) in [7, 11) is 0. The van der Waals surface area contributed by atoms with Crippen LogP contribution in [0.4, 0.5) is 0 Å². The minimum absolute atomic E-state index is 0.0163. The third-order valence-corrected chi connectivity index (χ3v) is 7.48. The van der Waals surface area contributed by atoms with Crippen LogP contribution in [0.3, 0.4) is 0 Å². The molecule has 1 aromatic carbocycles. The molecular formula is C25H31N3O3. The smallest absolute Gasteiger partial charge is 0.360 e. The summed E-state index contributed by atoms with van der Waals surface area (Å²) in [4.78, 5) is 31.8. The monoisotopic (exact) mass is 421 g/mol. The van der Waals surface area contributed by atoms with Crippen LogP contribution >= 0.6 is 0 Å². The number of hydrogen-bond donors (Lipinski definition) is 1. The standard InChI is InChI=1S/C25H31N3O3/c29-24-23(25(30)31)26-21-13-6-7-14-22(21)28(24)20-15-18-11-8-12-19(16-20)27(18)17-9-4-2-1-3-5-10-17/h4,6-7,9,13-14,17-20H,1-3,5,8,10-12,15-16H2,(H,30,31)/b9-4-/t17?,18-,19+,20?. The van der Waals surface area contributed by atoms with Gasteiger partial charge in [-0.25, -0.2) is 9.78 Å². The molecule has 6 nitrogen and oxygen atoms in total. The summed E-state index contributed by atoms with van der Waals surface area (Å²) in [6, 6.07) is 8.84. The Morgan fingerprint density at radius 3 is 2.52 bits per heavy atom. The van der Waals surface area contributed by atoms with E-state index in [1.54, 1.807) is 10.6 Å². The van der Waals surface area contributed by atoms with E-state index in [0.29, 0.717) is 23.6 Å². The third-order valence-electron chi connectivity index (χ3n) is 7.48. The molecule has 6 heteroatoms. The lowest BCUT2D eigenvalue weighted by Gasteiger charge is -2.52. The van der Waals surface area contributed by atoms with Gasteiger partial charge in [0.1, 0.15) is 0 Å². The zero-order valence-electron chi connectivity index (χ0n) is 17.9. The average molecular weight is 422 g/mol. The predicted molar refractivity (Wildman–Crippen MR) is 121 cm³/mol. The van der Waals surface area contributed by atoms with E-state index in [9.17, 15) is 14.7 Å². The first-order valence-corrected chi connectivity index (χ1v) is 11.8. The van der Waals surface area contributed by atoms with Crippen molar-refractivity contribution in [2.75, 3.05) is 0 Å². The van der Waals surface area contributed by atoms with E-state index in [0.717, 1.165) is 31.2 Å². The Kier molecular flexibility index (Phi) is 5.65. The summed E-state index contributed by atoms with van der Waals surface area (Å²) in [6.07, 6.45) is 16.4. The number of rotatable bonds is 3. The summed E-state index contributed by atoms with van der Waals surface area (Å²) in [6.45, 7) is 0. The van der Waals surface area contributed by atoms with Gasteiger partial charge in [-0.3, -0.25) is 9.69 Å². The summed E-state index contributed by atoms with van der Waals surface area (Å²) in [5.41, 5.74) is 0.498. The number of benzene rings is 1. The molecule has 0 saturated carbocycles. The van der Waals surface area contributed by atoms with Crippen molar-refractivity contribution < 1.29 is 9.90 Å². The number of fused-ring (bicyclic) bond motifs is 3. The predicted octanol–water partition coefficient (Wildman–Crippen LogP) is 4.54. The molecule has 164 valence electrons. The summed E-state index contributed by atoms with van der Waals surface area (Å²) in [5.74, 6) is -1.25. The highest BCUT2D eigenvalue weighted by Gasteiger charge is 2.42. The molecule has 4 atom stereocenters. The molecule has 1 aromatic heterocycles. The van der Waals surface area contributed by atoms with Crippen LogP contribution < -0.4 is 5.56 Å². The second kappa shape index (κ2) is 8.58. The Labute approximate surface area is 182 Å². The lowest BCUT2D eigenvalue weighted by atomic mass is 9.79. The van der Waals surface area contributed by atoms with E-state index >= 15 is 0 Å². The van der Waals surface area contributed by atoms with Gasteiger partial charge in [-0.2, -0.15) is 0 Å². The zero-order chi connectivity index (χ0) is 21.4. The summed E-state index contributed by atoms with van der Waals surface area (Å²) < 4.78 is 1.75. The Morgan fingerprint density at radius 2 is 1.74 bits per heavy atom. The highest BCUT2D eigenvalue weighted by molar-refractivity contribution is 5.88. The van der Waals surface area contributed by atoms with Crippen LogP contribution in [-0.4, -0.2) is 43.7 Å². The maximum atomic E-state index is 13.2. The minimum Gasteiger partial charge on any atom is -0.476 e. The molecule has 3 aliphatic rings. The van der Waals surface area contributed by atoms with E-state index < -0.39 is 11.5 Å². The van der Waals surface area contributed by atoms with Gasteiger partial charge in [0.2, 0.25) is 5.69 Å². The molecule has 2 aliphatic heterocycles. The lowest BCUT2D eigenvalue weighted by molar-refractivity contribution is -0.00666. The molecule has 31 heavy (non-hydrogen) atoms. The minimum atomic E-state index is -1.25. The van der Waals surface area contributed by atoms with E-state index in [1.165, 1.54) is 38.5 Å². The van der Waals surface area contributed by atoms with E-state index in [-0.39, 0.29) is 11.7 Å². The number of aromatic nitrogens is 2. The van der Waals surface area contributed by atoms with Gasteiger partial charge in [0.15, 0.2) is 0 Å². The van der Waals surface area contributed by atoms with Gasteiger partial charge < -0.3 is 9.67 Å². The van der Waals surface area contributed by atoms with Crippen LogP contribution in [0.5, 0.6) is 0 Å². The molecule has 3 heterocycles. The number of carboxylic acids is 1. The van der Waals surface area contributed by atoms with Gasteiger partial charge in [0.25, 0.3) is 5.56 Å². The maximum Gasteiger partial charge on any atom is 0.360 e. The second-order valence-corrected chi connectivity index (χ2v) is 9.37.